The third-order valence-corrected chi connectivity index (χ3v) is 11.2. The minimum absolute atomic E-state index is 1.13. The van der Waals surface area contributed by atoms with Gasteiger partial charge in [-0.25, -0.2) is 0 Å². The highest BCUT2D eigenvalue weighted by molar-refractivity contribution is 7.26. The zero-order valence-corrected chi connectivity index (χ0v) is 28.1. The second kappa shape index (κ2) is 11.7. The second-order valence-corrected chi connectivity index (χ2v) is 13.9. The summed E-state index contributed by atoms with van der Waals surface area (Å²) in [6, 6.07) is 68.6. The van der Waals surface area contributed by atoms with Gasteiger partial charge in [-0.05, 0) is 74.6 Å². The van der Waals surface area contributed by atoms with Crippen LogP contribution in [0.3, 0.4) is 0 Å². The first kappa shape index (κ1) is 28.8. The summed E-state index contributed by atoms with van der Waals surface area (Å²) in [6.07, 6.45) is 0. The van der Waals surface area contributed by atoms with E-state index in [0.717, 1.165) is 11.4 Å². The van der Waals surface area contributed by atoms with Crippen LogP contribution >= 0.6 is 11.3 Å². The Morgan fingerprint density at radius 2 is 0.900 bits per heavy atom. The van der Waals surface area contributed by atoms with Gasteiger partial charge in [0.25, 0.3) is 0 Å². The summed E-state index contributed by atoms with van der Waals surface area (Å²) in [5.41, 5.74) is 8.37. The van der Waals surface area contributed by atoms with Crippen LogP contribution in [0.4, 0.5) is 17.1 Å². The lowest BCUT2D eigenvalue weighted by Gasteiger charge is -2.30. The predicted molar refractivity (Wildman–Crippen MR) is 217 cm³/mol. The third kappa shape index (κ3) is 4.53. The highest BCUT2D eigenvalue weighted by Gasteiger charge is 2.25. The summed E-state index contributed by atoms with van der Waals surface area (Å²) in [5.74, 6) is 0. The van der Waals surface area contributed by atoms with Gasteiger partial charge in [-0.3, -0.25) is 0 Å². The Hall–Kier alpha value is -6.22. The van der Waals surface area contributed by atoms with E-state index in [1.165, 1.54) is 80.4 Å². The minimum atomic E-state index is 1.13. The molecule has 0 aliphatic rings. The normalized spacial score (nSPS) is 11.6. The molecule has 0 N–H and O–H groups in total. The van der Waals surface area contributed by atoms with Gasteiger partial charge in [0.05, 0.1) is 5.69 Å². The van der Waals surface area contributed by atoms with E-state index < -0.39 is 0 Å². The number of benzene rings is 9. The molecule has 0 aliphatic carbocycles. The maximum atomic E-state index is 2.45. The molecule has 1 heterocycles. The Morgan fingerprint density at radius 3 is 1.60 bits per heavy atom. The van der Waals surface area contributed by atoms with Crippen molar-refractivity contribution in [1.29, 1.82) is 0 Å². The number of hydrogen-bond acceptors (Lipinski definition) is 2. The Balaban J connectivity index is 1.30. The topological polar surface area (TPSA) is 3.24 Å². The number of nitrogens with zero attached hydrogens (tertiary/aromatic N) is 1. The van der Waals surface area contributed by atoms with Crippen LogP contribution in [0.25, 0.3) is 74.7 Å². The van der Waals surface area contributed by atoms with Crippen LogP contribution in [0.5, 0.6) is 0 Å². The van der Waals surface area contributed by atoms with Crippen molar-refractivity contribution in [2.45, 2.75) is 0 Å². The van der Waals surface area contributed by atoms with Crippen LogP contribution in [0.15, 0.2) is 188 Å². The van der Waals surface area contributed by atoms with Crippen molar-refractivity contribution in [3.8, 4) is 22.3 Å². The van der Waals surface area contributed by atoms with Gasteiger partial charge in [0, 0.05) is 47.9 Å². The molecular weight excluding hydrogens is 623 g/mol. The van der Waals surface area contributed by atoms with E-state index in [-0.39, 0.29) is 0 Å². The lowest BCUT2D eigenvalue weighted by molar-refractivity contribution is 1.30. The number of anilines is 3. The molecule has 50 heavy (non-hydrogen) atoms. The largest absolute Gasteiger partial charge is 0.309 e. The Morgan fingerprint density at radius 1 is 0.380 bits per heavy atom. The molecule has 1 nitrogen and oxygen atoms in total. The molecule has 9 aromatic carbocycles. The molecular formula is C48H31NS. The fraction of sp³-hybridized carbons (Fsp3) is 0. The molecule has 0 amide bonds. The van der Waals surface area contributed by atoms with Crippen LogP contribution < -0.4 is 4.90 Å². The first-order valence-electron chi connectivity index (χ1n) is 17.1. The number of para-hydroxylation sites is 2. The van der Waals surface area contributed by atoms with Crippen LogP contribution in [-0.2, 0) is 0 Å². The maximum absolute atomic E-state index is 2.45. The van der Waals surface area contributed by atoms with E-state index in [4.69, 9.17) is 0 Å². The van der Waals surface area contributed by atoms with Crippen molar-refractivity contribution in [2.24, 2.45) is 0 Å². The number of fused-ring (bicyclic) bond motifs is 8. The third-order valence-electron chi connectivity index (χ3n) is 10.0. The first-order valence-corrected chi connectivity index (χ1v) is 17.9. The van der Waals surface area contributed by atoms with Crippen molar-refractivity contribution >= 4 is 80.9 Å². The Labute approximate surface area is 294 Å². The molecule has 0 bridgehead atoms. The molecule has 234 valence electrons. The van der Waals surface area contributed by atoms with E-state index in [0.29, 0.717) is 0 Å². The Kier molecular flexibility index (Phi) is 6.75. The van der Waals surface area contributed by atoms with Crippen molar-refractivity contribution in [3.05, 3.63) is 188 Å². The molecule has 0 saturated carbocycles. The molecule has 10 aromatic rings. The predicted octanol–water partition coefficient (Wildman–Crippen LogP) is 14.3. The fourth-order valence-corrected chi connectivity index (χ4v) is 9.06. The maximum Gasteiger partial charge on any atom is 0.0625 e. The van der Waals surface area contributed by atoms with Crippen LogP contribution in [0.2, 0.25) is 0 Å². The monoisotopic (exact) mass is 653 g/mol. The van der Waals surface area contributed by atoms with Gasteiger partial charge in [0.1, 0.15) is 0 Å². The summed E-state index contributed by atoms with van der Waals surface area (Å²) >= 11 is 1.90. The van der Waals surface area contributed by atoms with E-state index >= 15 is 0 Å². The van der Waals surface area contributed by atoms with E-state index in [9.17, 15) is 0 Å². The fourth-order valence-electron chi connectivity index (χ4n) is 7.81. The van der Waals surface area contributed by atoms with Gasteiger partial charge >= 0.3 is 0 Å². The molecule has 0 radical (unpaired) electrons. The first-order chi connectivity index (χ1) is 24.8. The number of hydrogen-bond donors (Lipinski definition) is 0. The highest BCUT2D eigenvalue weighted by atomic mass is 32.1. The SMILES string of the molecule is c1ccc(N(c2ccccc2)c2c(-c3ccc(-c4cc5ccccc5c5ccccc45)cc3)c3c4ccccc4sc3c3ccccc23)cc1. The second-order valence-electron chi connectivity index (χ2n) is 12.8. The summed E-state index contributed by atoms with van der Waals surface area (Å²) in [6.45, 7) is 0. The van der Waals surface area contributed by atoms with E-state index in [1.54, 1.807) is 0 Å². The van der Waals surface area contributed by atoms with Gasteiger partial charge in [-0.15, -0.1) is 11.3 Å². The molecule has 10 rings (SSSR count). The van der Waals surface area contributed by atoms with Gasteiger partial charge in [0.2, 0.25) is 0 Å². The van der Waals surface area contributed by atoms with Gasteiger partial charge in [0.15, 0.2) is 0 Å². The highest BCUT2D eigenvalue weighted by Crippen LogP contribution is 2.53. The lowest BCUT2D eigenvalue weighted by atomic mass is 9.89. The molecule has 0 spiro atoms. The summed E-state index contributed by atoms with van der Waals surface area (Å²) in [7, 11) is 0. The van der Waals surface area contributed by atoms with Gasteiger partial charge in [-0.1, -0.05) is 152 Å². The minimum Gasteiger partial charge on any atom is -0.309 e. The van der Waals surface area contributed by atoms with Crippen molar-refractivity contribution in [1.82, 2.24) is 0 Å². The quantitative estimate of drug-likeness (QED) is 0.167. The average Bonchev–Trinajstić information content (AvgIpc) is 3.58. The molecule has 1 aromatic heterocycles. The molecule has 0 atom stereocenters. The molecule has 0 saturated heterocycles. The standard InChI is InChI=1S/C48H31NS/c1-3-16-35(17-4-1)49(36-18-5-2-6-19-36)47-40-23-11-12-24-41(40)48-46(42-25-13-14-26-44(42)50-48)45(47)33-29-27-32(28-30-33)43-31-34-15-7-8-20-37(34)38-21-9-10-22-39(38)43/h1-31H. The molecule has 0 fully saturated rings. The lowest BCUT2D eigenvalue weighted by Crippen LogP contribution is -2.12. The Bertz CT molecular complexity index is 2810. The van der Waals surface area contributed by atoms with Crippen molar-refractivity contribution in [2.75, 3.05) is 4.90 Å². The molecule has 0 aliphatic heterocycles. The van der Waals surface area contributed by atoms with Crippen molar-refractivity contribution in [3.63, 3.8) is 0 Å². The van der Waals surface area contributed by atoms with Gasteiger partial charge < -0.3 is 4.90 Å². The van der Waals surface area contributed by atoms with Gasteiger partial charge in [-0.2, -0.15) is 0 Å². The summed E-state index contributed by atoms with van der Waals surface area (Å²) < 4.78 is 2.63. The van der Waals surface area contributed by atoms with Crippen molar-refractivity contribution < 1.29 is 0 Å². The number of thiophene rings is 1. The zero-order valence-electron chi connectivity index (χ0n) is 27.3. The van der Waals surface area contributed by atoms with Crippen LogP contribution in [-0.4, -0.2) is 0 Å². The summed E-state index contributed by atoms with van der Waals surface area (Å²) in [4.78, 5) is 2.45. The van der Waals surface area contributed by atoms with E-state index in [1.807, 2.05) is 11.3 Å². The molecule has 2 heteroatoms. The summed E-state index contributed by atoms with van der Waals surface area (Å²) in [5, 5.41) is 10.2. The smallest absolute Gasteiger partial charge is 0.0625 e. The van der Waals surface area contributed by atoms with Crippen LogP contribution in [0.1, 0.15) is 0 Å². The molecule has 0 unspecified atom stereocenters. The van der Waals surface area contributed by atoms with E-state index in [2.05, 4.69) is 193 Å². The average molecular weight is 654 g/mol. The number of rotatable bonds is 5. The van der Waals surface area contributed by atoms with Crippen LogP contribution in [0, 0.1) is 0 Å². The zero-order chi connectivity index (χ0) is 33.0.